The van der Waals surface area contributed by atoms with Crippen LogP contribution in [0, 0.1) is 12.7 Å². The fourth-order valence-electron chi connectivity index (χ4n) is 3.53. The number of aryl methyl sites for hydroxylation is 2. The third-order valence-corrected chi connectivity index (χ3v) is 5.10. The molecule has 0 spiro atoms. The van der Waals surface area contributed by atoms with Crippen molar-refractivity contribution in [2.45, 2.75) is 19.9 Å². The van der Waals surface area contributed by atoms with E-state index in [1.165, 1.54) is 12.1 Å². The normalized spacial score (nSPS) is 15.6. The number of nitrogens with two attached hydrogens (primary N) is 1. The number of aliphatic imine (C=N–C) groups is 1. The second kappa shape index (κ2) is 6.20. The van der Waals surface area contributed by atoms with E-state index >= 15 is 0 Å². The molecule has 1 atom stereocenters. The molecule has 1 aliphatic rings. The average Bonchev–Trinajstić information content (AvgIpc) is 2.73. The highest BCUT2D eigenvalue weighted by molar-refractivity contribution is 6.17. The van der Waals surface area contributed by atoms with Gasteiger partial charge in [0.15, 0.2) is 0 Å². The number of nitrogens with zero attached hydrogens (tertiary/aromatic N) is 2. The summed E-state index contributed by atoms with van der Waals surface area (Å²) in [6, 6.07) is 11.7. The number of rotatable bonds is 1. The molecule has 0 saturated heterocycles. The van der Waals surface area contributed by atoms with E-state index in [0.29, 0.717) is 5.69 Å². The molecule has 2 N–H and O–H groups in total. The van der Waals surface area contributed by atoms with E-state index in [0.717, 1.165) is 39.1 Å². The number of benzene rings is 2. The van der Waals surface area contributed by atoms with Crippen LogP contribution in [0.25, 0.3) is 11.1 Å². The van der Waals surface area contributed by atoms with E-state index in [4.69, 9.17) is 10.7 Å². The molecule has 0 fully saturated rings. The highest BCUT2D eigenvalue weighted by atomic mass is 19.1. The van der Waals surface area contributed by atoms with E-state index in [1.54, 1.807) is 29.8 Å². The summed E-state index contributed by atoms with van der Waals surface area (Å²) in [5.74, 6) is -0.291. The number of nitrogen functional groups attached to an aromatic ring is 1. The Balaban J connectivity index is 2.08. The van der Waals surface area contributed by atoms with Gasteiger partial charge >= 0.3 is 0 Å². The molecule has 1 aliphatic heterocycles. The van der Waals surface area contributed by atoms with Crippen LogP contribution in [0.3, 0.4) is 0 Å². The van der Waals surface area contributed by atoms with Crippen LogP contribution in [0.5, 0.6) is 0 Å². The van der Waals surface area contributed by atoms with Crippen LogP contribution in [0.2, 0.25) is 0 Å². The van der Waals surface area contributed by atoms with E-state index in [2.05, 4.69) is 0 Å². The van der Waals surface area contributed by atoms with Gasteiger partial charge in [-0.1, -0.05) is 0 Å². The van der Waals surface area contributed by atoms with Crippen LogP contribution >= 0.6 is 0 Å². The van der Waals surface area contributed by atoms with E-state index < -0.39 is 0 Å². The van der Waals surface area contributed by atoms with Gasteiger partial charge in [-0.05, 0) is 66.9 Å². The minimum Gasteiger partial charge on any atom is -0.398 e. The zero-order valence-electron chi connectivity index (χ0n) is 15.5. The summed E-state index contributed by atoms with van der Waals surface area (Å²) in [4.78, 5) is 17.1. The lowest BCUT2D eigenvalue weighted by atomic mass is 9.90. The van der Waals surface area contributed by atoms with Crippen molar-refractivity contribution in [2.75, 3.05) is 5.73 Å². The molecule has 136 valence electrons. The highest BCUT2D eigenvalue weighted by Gasteiger charge is 2.24. The van der Waals surface area contributed by atoms with Gasteiger partial charge < -0.3 is 10.3 Å². The van der Waals surface area contributed by atoms with Crippen molar-refractivity contribution in [3.05, 3.63) is 87.1 Å². The molecule has 3 aromatic rings. The Morgan fingerprint density at radius 2 is 1.78 bits per heavy atom. The summed E-state index contributed by atoms with van der Waals surface area (Å²) in [5.41, 5.74) is 13.0. The molecule has 0 radical (unpaired) electrons. The van der Waals surface area contributed by atoms with Crippen LogP contribution in [0.1, 0.15) is 35.2 Å². The summed E-state index contributed by atoms with van der Waals surface area (Å²) in [7, 11) is 1.73. The van der Waals surface area contributed by atoms with Crippen LogP contribution in [0.4, 0.5) is 10.1 Å². The van der Waals surface area contributed by atoms with Gasteiger partial charge in [-0.15, -0.1) is 0 Å². The molecule has 0 amide bonds. The second-order valence-corrected chi connectivity index (χ2v) is 7.01. The van der Waals surface area contributed by atoms with E-state index in [-0.39, 0.29) is 17.4 Å². The first-order chi connectivity index (χ1) is 12.8. The minimum atomic E-state index is -0.291. The van der Waals surface area contributed by atoms with Crippen LogP contribution in [0.15, 0.2) is 58.4 Å². The average molecular weight is 361 g/mol. The molecule has 4 rings (SSSR count). The van der Waals surface area contributed by atoms with Crippen molar-refractivity contribution in [3.63, 3.8) is 0 Å². The molecular weight excluding hydrogens is 341 g/mol. The van der Waals surface area contributed by atoms with Gasteiger partial charge in [0.2, 0.25) is 0 Å². The van der Waals surface area contributed by atoms with Crippen LogP contribution in [-0.2, 0) is 7.05 Å². The largest absolute Gasteiger partial charge is 0.398 e. The number of halogens is 1. The number of hydrogen-bond donors (Lipinski definition) is 1. The Bertz CT molecular complexity index is 1140. The molecule has 2 heterocycles. The molecule has 27 heavy (non-hydrogen) atoms. The molecule has 5 heteroatoms. The Morgan fingerprint density at radius 1 is 1.07 bits per heavy atom. The lowest BCUT2D eigenvalue weighted by Crippen LogP contribution is -2.17. The van der Waals surface area contributed by atoms with Gasteiger partial charge in [-0.3, -0.25) is 9.79 Å². The molecular formula is C22H20FN3O. The molecule has 2 aromatic carbocycles. The maximum absolute atomic E-state index is 13.4. The summed E-state index contributed by atoms with van der Waals surface area (Å²) in [5, 5.41) is 0. The first-order valence-corrected chi connectivity index (χ1v) is 8.80. The quantitative estimate of drug-likeness (QED) is 0.666. The van der Waals surface area contributed by atoms with Crippen molar-refractivity contribution >= 4 is 11.4 Å². The zero-order chi connectivity index (χ0) is 19.3. The monoisotopic (exact) mass is 361 g/mol. The number of pyridine rings is 1. The van der Waals surface area contributed by atoms with Crippen molar-refractivity contribution in [2.24, 2.45) is 12.0 Å². The smallest absolute Gasteiger partial charge is 0.250 e. The predicted octanol–water partition coefficient (Wildman–Crippen LogP) is 3.99. The molecule has 0 unspecified atom stereocenters. The number of fused-ring (bicyclic) bond motifs is 3. The molecule has 1 aromatic heterocycles. The Hall–Kier alpha value is -3.21. The standard InChI is InChI=1S/C22H20FN3O/c1-12-8-18-17(9-20(12)24)19-11-26(3)21(27)10-16(19)13(2)25-22(18)14-4-6-15(23)7-5-14/h4-11,13H,24H2,1-3H3/t13-/m0/s1. The van der Waals surface area contributed by atoms with Crippen molar-refractivity contribution in [1.29, 1.82) is 0 Å². The van der Waals surface area contributed by atoms with Gasteiger partial charge in [-0.25, -0.2) is 4.39 Å². The second-order valence-electron chi connectivity index (χ2n) is 7.01. The zero-order valence-corrected chi connectivity index (χ0v) is 15.5. The molecule has 0 bridgehead atoms. The minimum absolute atomic E-state index is 0.0809. The summed E-state index contributed by atoms with van der Waals surface area (Å²) < 4.78 is 15.0. The lowest BCUT2D eigenvalue weighted by molar-refractivity contribution is 0.628. The van der Waals surface area contributed by atoms with Gasteiger partial charge in [0.25, 0.3) is 5.56 Å². The summed E-state index contributed by atoms with van der Waals surface area (Å²) in [6.07, 6.45) is 1.84. The lowest BCUT2D eigenvalue weighted by Gasteiger charge is -2.15. The summed E-state index contributed by atoms with van der Waals surface area (Å²) in [6.45, 7) is 3.91. The molecule has 0 saturated carbocycles. The highest BCUT2D eigenvalue weighted by Crippen LogP contribution is 2.38. The number of aromatic nitrogens is 1. The topological polar surface area (TPSA) is 60.4 Å². The van der Waals surface area contributed by atoms with Crippen LogP contribution < -0.4 is 11.3 Å². The molecule has 0 aliphatic carbocycles. The third-order valence-electron chi connectivity index (χ3n) is 5.10. The van der Waals surface area contributed by atoms with Crippen molar-refractivity contribution in [3.8, 4) is 11.1 Å². The van der Waals surface area contributed by atoms with Gasteiger partial charge in [-0.2, -0.15) is 0 Å². The Kier molecular flexibility index (Phi) is 3.95. The third kappa shape index (κ3) is 2.85. The SMILES string of the molecule is Cc1cc2c(cc1N)-c1cn(C)c(=O)cc1[C@H](C)N=C2c1ccc(F)cc1. The Morgan fingerprint density at radius 3 is 2.48 bits per heavy atom. The maximum atomic E-state index is 13.4. The number of anilines is 1. The van der Waals surface area contributed by atoms with E-state index in [9.17, 15) is 9.18 Å². The van der Waals surface area contributed by atoms with Gasteiger partial charge in [0.1, 0.15) is 5.82 Å². The van der Waals surface area contributed by atoms with Crippen LogP contribution in [-0.4, -0.2) is 10.3 Å². The van der Waals surface area contributed by atoms with Crippen molar-refractivity contribution in [1.82, 2.24) is 4.57 Å². The van der Waals surface area contributed by atoms with Gasteiger partial charge in [0.05, 0.1) is 11.8 Å². The predicted molar refractivity (Wildman–Crippen MR) is 107 cm³/mol. The van der Waals surface area contributed by atoms with Gasteiger partial charge in [0, 0.05) is 41.7 Å². The first-order valence-electron chi connectivity index (χ1n) is 8.80. The molecule has 4 nitrogen and oxygen atoms in total. The Labute approximate surface area is 156 Å². The summed E-state index contributed by atoms with van der Waals surface area (Å²) >= 11 is 0. The maximum Gasteiger partial charge on any atom is 0.250 e. The van der Waals surface area contributed by atoms with E-state index in [1.807, 2.05) is 32.2 Å². The fourth-order valence-corrected chi connectivity index (χ4v) is 3.53. The van der Waals surface area contributed by atoms with Crippen molar-refractivity contribution < 1.29 is 4.39 Å². The first kappa shape index (κ1) is 17.2. The fraction of sp³-hybridized carbons (Fsp3) is 0.182. The number of hydrogen-bond acceptors (Lipinski definition) is 3.